The lowest BCUT2D eigenvalue weighted by Crippen LogP contribution is -2.68. The van der Waals surface area contributed by atoms with E-state index in [-0.39, 0.29) is 47.0 Å². The Morgan fingerprint density at radius 2 is 1.58 bits per heavy atom. The number of benzene rings is 3. The summed E-state index contributed by atoms with van der Waals surface area (Å²) in [7, 11) is 0. The lowest BCUT2D eigenvalue weighted by Gasteiger charge is -2.48. The molecule has 6 nitrogen and oxygen atoms in total. The average Bonchev–Trinajstić information content (AvgIpc) is 3.18. The Morgan fingerprint density at radius 1 is 0.909 bits per heavy atom. The Morgan fingerprint density at radius 3 is 2.30 bits per heavy atom. The number of nitrogens with zero attached hydrogens (tertiary/aromatic N) is 2. The van der Waals surface area contributed by atoms with Crippen molar-refractivity contribution in [1.29, 1.82) is 0 Å². The van der Waals surface area contributed by atoms with E-state index in [4.69, 9.17) is 27.9 Å². The highest BCUT2D eigenvalue weighted by Gasteiger charge is 2.62. The molecule has 5 rings (SSSR count). The molecule has 1 fully saturated rings. The minimum atomic E-state index is -1.67. The van der Waals surface area contributed by atoms with Crippen LogP contribution in [0.4, 0.5) is 5.69 Å². The van der Waals surface area contributed by atoms with Gasteiger partial charge < -0.3 is 9.64 Å². The summed E-state index contributed by atoms with van der Waals surface area (Å²) in [6, 6.07) is 20.8. The van der Waals surface area contributed by atoms with E-state index in [9.17, 15) is 14.4 Å². The van der Waals surface area contributed by atoms with Crippen LogP contribution >= 0.6 is 23.2 Å². The third-order valence-corrected chi connectivity index (χ3v) is 6.59. The number of carbonyl (C=O) groups excluding carboxylic acids is 3. The molecule has 2 heterocycles. The first-order valence-corrected chi connectivity index (χ1v) is 11.1. The molecule has 166 valence electrons. The fourth-order valence-corrected chi connectivity index (χ4v) is 4.96. The van der Waals surface area contributed by atoms with Gasteiger partial charge in [0.05, 0.1) is 21.3 Å². The number of ether oxygens (including phenoxy) is 1. The number of hydrogen-bond donors (Lipinski definition) is 0. The summed E-state index contributed by atoms with van der Waals surface area (Å²) < 4.78 is 5.71. The van der Waals surface area contributed by atoms with Gasteiger partial charge in [-0.15, -0.1) is 0 Å². The predicted molar refractivity (Wildman–Crippen MR) is 124 cm³/mol. The molecule has 1 saturated heterocycles. The minimum Gasteiger partial charge on any atom is -0.420 e. The number of anilines is 1. The molecule has 2 amide bonds. The maximum Gasteiger partial charge on any atom is 0.359 e. The number of halogens is 2. The second kappa shape index (κ2) is 8.21. The normalized spacial score (nSPS) is 19.3. The second-order valence-electron chi connectivity index (χ2n) is 7.88. The molecule has 33 heavy (non-hydrogen) atoms. The van der Waals surface area contributed by atoms with E-state index in [1.54, 1.807) is 42.5 Å². The molecule has 2 aliphatic heterocycles. The number of esters is 1. The number of amides is 2. The van der Waals surface area contributed by atoms with E-state index in [1.165, 1.54) is 9.80 Å². The maximum absolute atomic E-state index is 13.8. The molecule has 3 aromatic carbocycles. The Hall–Kier alpha value is -3.35. The zero-order valence-electron chi connectivity index (χ0n) is 17.3. The van der Waals surface area contributed by atoms with Gasteiger partial charge in [-0.3, -0.25) is 14.5 Å². The highest BCUT2D eigenvalue weighted by Crippen LogP contribution is 2.46. The van der Waals surface area contributed by atoms with E-state index in [2.05, 4.69) is 0 Å². The predicted octanol–water partition coefficient (Wildman–Crippen LogP) is 5.08. The molecular weight excluding hydrogens is 463 g/mol. The van der Waals surface area contributed by atoms with Crippen molar-refractivity contribution < 1.29 is 19.1 Å². The van der Waals surface area contributed by atoms with Gasteiger partial charge in [0.2, 0.25) is 11.6 Å². The summed E-state index contributed by atoms with van der Waals surface area (Å²) >= 11 is 12.5. The average molecular weight is 481 g/mol. The van der Waals surface area contributed by atoms with E-state index < -0.39 is 11.6 Å². The van der Waals surface area contributed by atoms with Crippen molar-refractivity contribution in [1.82, 2.24) is 4.90 Å². The summed E-state index contributed by atoms with van der Waals surface area (Å²) in [4.78, 5) is 43.5. The van der Waals surface area contributed by atoms with E-state index in [0.717, 1.165) is 5.56 Å². The zero-order valence-corrected chi connectivity index (χ0v) is 18.8. The van der Waals surface area contributed by atoms with Crippen molar-refractivity contribution in [2.24, 2.45) is 0 Å². The number of fused-ring (bicyclic) bond motifs is 3. The van der Waals surface area contributed by atoms with Crippen LogP contribution < -0.4 is 9.64 Å². The lowest BCUT2D eigenvalue weighted by atomic mass is 9.95. The topological polar surface area (TPSA) is 66.9 Å². The van der Waals surface area contributed by atoms with E-state index >= 15 is 0 Å². The smallest absolute Gasteiger partial charge is 0.359 e. The second-order valence-corrected chi connectivity index (χ2v) is 8.69. The Bertz CT molecular complexity index is 1260. The van der Waals surface area contributed by atoms with Crippen LogP contribution in [0.3, 0.4) is 0 Å². The highest BCUT2D eigenvalue weighted by molar-refractivity contribution is 6.37. The Balaban J connectivity index is 1.67. The highest BCUT2D eigenvalue weighted by atomic mass is 35.5. The van der Waals surface area contributed by atoms with Crippen molar-refractivity contribution in [2.75, 3.05) is 4.90 Å². The van der Waals surface area contributed by atoms with Gasteiger partial charge in [-0.1, -0.05) is 71.7 Å². The number of hydrogen-bond acceptors (Lipinski definition) is 4. The first-order chi connectivity index (χ1) is 15.9. The molecule has 0 aliphatic carbocycles. The molecule has 0 spiro atoms. The third-order valence-electron chi connectivity index (χ3n) is 6.00. The summed E-state index contributed by atoms with van der Waals surface area (Å²) in [5, 5.41) is 0.306. The largest absolute Gasteiger partial charge is 0.420 e. The standard InChI is InChI=1S/C25H18Cl2N2O4/c26-18-10-6-11-19(27)22(18)33-24(32)25-14-13-21(30)29(25)20-12-5-4-9-17(20)23(31)28(25)15-16-7-2-1-3-8-16/h1-12H,13-15H2. The van der Waals surface area contributed by atoms with Crippen LogP contribution in [0.5, 0.6) is 5.75 Å². The van der Waals surface area contributed by atoms with Gasteiger partial charge in [0.15, 0.2) is 5.75 Å². The van der Waals surface area contributed by atoms with Crippen LogP contribution in [0.25, 0.3) is 0 Å². The van der Waals surface area contributed by atoms with Crippen LogP contribution in [0.2, 0.25) is 10.0 Å². The monoisotopic (exact) mass is 480 g/mol. The van der Waals surface area contributed by atoms with Gasteiger partial charge in [0, 0.05) is 19.4 Å². The van der Waals surface area contributed by atoms with Gasteiger partial charge in [-0.2, -0.15) is 0 Å². The van der Waals surface area contributed by atoms with E-state index in [1.807, 2.05) is 30.3 Å². The molecule has 1 atom stereocenters. The molecule has 0 saturated carbocycles. The molecule has 2 aliphatic rings. The van der Waals surface area contributed by atoms with Crippen molar-refractivity contribution in [3.8, 4) is 5.75 Å². The maximum atomic E-state index is 13.8. The molecule has 3 aromatic rings. The quantitative estimate of drug-likeness (QED) is 0.385. The van der Waals surface area contributed by atoms with E-state index in [0.29, 0.717) is 11.3 Å². The number of para-hydroxylation sites is 2. The molecule has 0 radical (unpaired) electrons. The summed E-state index contributed by atoms with van der Waals surface area (Å²) in [6.07, 6.45) is 0.165. The summed E-state index contributed by atoms with van der Waals surface area (Å²) in [5.41, 5.74) is -0.118. The lowest BCUT2D eigenvalue weighted by molar-refractivity contribution is -0.148. The Kier molecular flexibility index (Phi) is 5.35. The van der Waals surface area contributed by atoms with Gasteiger partial charge in [0.1, 0.15) is 0 Å². The molecule has 8 heteroatoms. The molecular formula is C25H18Cl2N2O4. The van der Waals surface area contributed by atoms with Crippen LogP contribution in [-0.4, -0.2) is 28.3 Å². The van der Waals surface area contributed by atoms with Crippen molar-refractivity contribution in [3.05, 3.63) is 94.0 Å². The fourth-order valence-electron chi connectivity index (χ4n) is 4.49. The zero-order chi connectivity index (χ0) is 23.2. The van der Waals surface area contributed by atoms with Crippen LogP contribution in [0.1, 0.15) is 28.8 Å². The summed E-state index contributed by atoms with van der Waals surface area (Å²) in [5.74, 6) is -1.43. The number of carbonyl (C=O) groups is 3. The van der Waals surface area contributed by atoms with Gasteiger partial charge in [-0.25, -0.2) is 4.79 Å². The number of rotatable bonds is 4. The fraction of sp³-hybridized carbons (Fsp3) is 0.160. The van der Waals surface area contributed by atoms with Gasteiger partial charge in [-0.05, 0) is 29.8 Å². The molecule has 0 bridgehead atoms. The van der Waals surface area contributed by atoms with Crippen LogP contribution in [0, 0.1) is 0 Å². The van der Waals surface area contributed by atoms with Gasteiger partial charge >= 0.3 is 5.97 Å². The third kappa shape index (κ3) is 3.37. The molecule has 0 N–H and O–H groups in total. The van der Waals surface area contributed by atoms with Crippen molar-refractivity contribution in [3.63, 3.8) is 0 Å². The van der Waals surface area contributed by atoms with Crippen molar-refractivity contribution in [2.45, 2.75) is 25.0 Å². The summed E-state index contributed by atoms with van der Waals surface area (Å²) in [6.45, 7) is 0.114. The molecule has 1 unspecified atom stereocenters. The van der Waals surface area contributed by atoms with Crippen molar-refractivity contribution >= 4 is 46.7 Å². The minimum absolute atomic E-state index is 0.00882. The van der Waals surface area contributed by atoms with Gasteiger partial charge in [0.25, 0.3) is 5.91 Å². The Labute approximate surface area is 200 Å². The first kappa shape index (κ1) is 21.5. The van der Waals surface area contributed by atoms with Crippen LogP contribution in [-0.2, 0) is 16.1 Å². The first-order valence-electron chi connectivity index (χ1n) is 10.4. The SMILES string of the molecule is O=C1c2ccccc2N2C(=O)CCC2(C(=O)Oc2c(Cl)cccc2Cl)N1Cc1ccccc1. The van der Waals surface area contributed by atoms with Crippen LogP contribution in [0.15, 0.2) is 72.8 Å². The molecule has 0 aromatic heterocycles.